The highest BCUT2D eigenvalue weighted by molar-refractivity contribution is 5.52. The van der Waals surface area contributed by atoms with E-state index in [0.717, 1.165) is 25.3 Å². The Labute approximate surface area is 106 Å². The molecule has 0 N–H and O–H groups in total. The number of hydrogen-bond donors (Lipinski definition) is 0. The van der Waals surface area contributed by atoms with E-state index in [9.17, 15) is 4.39 Å². The number of nitrogens with zero attached hydrogens (tertiary/aromatic N) is 3. The summed E-state index contributed by atoms with van der Waals surface area (Å²) in [5.41, 5.74) is 1.25. The molecule has 2 aliphatic heterocycles. The molecule has 1 atom stereocenters. The maximum atomic E-state index is 13.4. The van der Waals surface area contributed by atoms with Gasteiger partial charge in [-0.2, -0.15) is 5.26 Å². The van der Waals surface area contributed by atoms with Crippen molar-refractivity contribution < 1.29 is 4.39 Å². The smallest absolute Gasteiger partial charge is 0.126 e. The maximum absolute atomic E-state index is 13.4. The lowest BCUT2D eigenvalue weighted by Gasteiger charge is -2.38. The first kappa shape index (κ1) is 11.5. The second kappa shape index (κ2) is 4.58. The third kappa shape index (κ3) is 2.06. The number of hydrogen-bond acceptors (Lipinski definition) is 3. The van der Waals surface area contributed by atoms with Gasteiger partial charge in [-0.15, -0.1) is 0 Å². The van der Waals surface area contributed by atoms with Gasteiger partial charge in [0.2, 0.25) is 0 Å². The topological polar surface area (TPSA) is 30.3 Å². The van der Waals surface area contributed by atoms with E-state index in [1.165, 1.54) is 31.5 Å². The summed E-state index contributed by atoms with van der Waals surface area (Å²) in [6.45, 7) is 4.12. The van der Waals surface area contributed by atoms with E-state index in [-0.39, 0.29) is 5.82 Å². The first-order valence-electron chi connectivity index (χ1n) is 6.46. The molecule has 1 unspecified atom stereocenters. The summed E-state index contributed by atoms with van der Waals surface area (Å²) in [5, 5.41) is 8.89. The van der Waals surface area contributed by atoms with Gasteiger partial charge in [0.1, 0.15) is 5.82 Å². The Morgan fingerprint density at radius 2 is 2.11 bits per heavy atom. The minimum Gasteiger partial charge on any atom is -0.369 e. The van der Waals surface area contributed by atoms with Crippen LogP contribution in [-0.4, -0.2) is 37.1 Å². The largest absolute Gasteiger partial charge is 0.369 e. The summed E-state index contributed by atoms with van der Waals surface area (Å²) >= 11 is 0. The molecule has 0 bridgehead atoms. The highest BCUT2D eigenvalue weighted by Gasteiger charge is 2.30. The molecule has 4 heteroatoms. The number of rotatable bonds is 1. The fourth-order valence-corrected chi connectivity index (χ4v) is 3.05. The van der Waals surface area contributed by atoms with Crippen LogP contribution in [0.2, 0.25) is 0 Å². The van der Waals surface area contributed by atoms with Gasteiger partial charge in [-0.1, -0.05) is 0 Å². The number of fused-ring (bicyclic) bond motifs is 1. The molecular weight excluding hydrogens is 229 g/mol. The van der Waals surface area contributed by atoms with Gasteiger partial charge in [0.15, 0.2) is 0 Å². The minimum atomic E-state index is -0.321. The van der Waals surface area contributed by atoms with E-state index in [0.29, 0.717) is 11.6 Å². The van der Waals surface area contributed by atoms with Crippen LogP contribution in [0.15, 0.2) is 18.2 Å². The molecule has 0 aromatic heterocycles. The molecule has 0 saturated carbocycles. The Kier molecular flexibility index (Phi) is 2.92. The molecule has 1 aromatic rings. The third-order valence-corrected chi connectivity index (χ3v) is 3.96. The molecule has 0 spiro atoms. The lowest BCUT2D eigenvalue weighted by molar-refractivity contribution is 0.231. The average molecular weight is 245 g/mol. The number of piperazine rings is 1. The molecule has 3 rings (SSSR count). The van der Waals surface area contributed by atoms with Crippen LogP contribution in [-0.2, 0) is 0 Å². The Morgan fingerprint density at radius 1 is 1.22 bits per heavy atom. The van der Waals surface area contributed by atoms with Gasteiger partial charge in [-0.25, -0.2) is 4.39 Å². The number of anilines is 1. The van der Waals surface area contributed by atoms with Crippen LogP contribution in [0.25, 0.3) is 0 Å². The minimum absolute atomic E-state index is 0.321. The van der Waals surface area contributed by atoms with Crippen molar-refractivity contribution in [2.24, 2.45) is 0 Å². The average Bonchev–Trinajstić information content (AvgIpc) is 2.85. The molecule has 3 nitrogen and oxygen atoms in total. The molecule has 2 heterocycles. The fraction of sp³-hybridized carbons (Fsp3) is 0.500. The summed E-state index contributed by atoms with van der Waals surface area (Å²) in [5.74, 6) is -0.321. The van der Waals surface area contributed by atoms with E-state index >= 15 is 0 Å². The van der Waals surface area contributed by atoms with Crippen LogP contribution >= 0.6 is 0 Å². The van der Waals surface area contributed by atoms with Crippen molar-refractivity contribution in [3.63, 3.8) is 0 Å². The lowest BCUT2D eigenvalue weighted by Crippen LogP contribution is -2.50. The third-order valence-electron chi connectivity index (χ3n) is 3.96. The molecule has 2 aliphatic rings. The first-order chi connectivity index (χ1) is 8.76. The van der Waals surface area contributed by atoms with Crippen molar-refractivity contribution in [2.75, 3.05) is 31.1 Å². The molecule has 94 valence electrons. The zero-order chi connectivity index (χ0) is 12.5. The van der Waals surface area contributed by atoms with Crippen LogP contribution in [0.4, 0.5) is 10.1 Å². The van der Waals surface area contributed by atoms with Crippen molar-refractivity contribution in [2.45, 2.75) is 18.9 Å². The van der Waals surface area contributed by atoms with Crippen molar-refractivity contribution in [3.05, 3.63) is 29.6 Å². The van der Waals surface area contributed by atoms with Gasteiger partial charge in [0.05, 0.1) is 11.6 Å². The summed E-state index contributed by atoms with van der Waals surface area (Å²) in [4.78, 5) is 4.72. The lowest BCUT2D eigenvalue weighted by atomic mass is 10.1. The molecule has 0 aliphatic carbocycles. The van der Waals surface area contributed by atoms with Crippen LogP contribution in [0.3, 0.4) is 0 Å². The summed E-state index contributed by atoms with van der Waals surface area (Å²) in [7, 11) is 0. The molecule has 0 amide bonds. The zero-order valence-corrected chi connectivity index (χ0v) is 10.3. The van der Waals surface area contributed by atoms with E-state index in [4.69, 9.17) is 5.26 Å². The molecular formula is C14H16FN3. The highest BCUT2D eigenvalue weighted by atomic mass is 19.1. The normalized spacial score (nSPS) is 23.8. The molecule has 2 saturated heterocycles. The fourth-order valence-electron chi connectivity index (χ4n) is 3.05. The SMILES string of the molecule is N#Cc1cc(F)cc(N2CCN3CCCC3C2)c1. The summed E-state index contributed by atoms with van der Waals surface area (Å²) in [6, 6.07) is 7.23. The molecule has 1 aromatic carbocycles. The number of benzene rings is 1. The molecule has 18 heavy (non-hydrogen) atoms. The highest BCUT2D eigenvalue weighted by Crippen LogP contribution is 2.26. The van der Waals surface area contributed by atoms with Crippen molar-refractivity contribution in [1.82, 2.24) is 4.90 Å². The zero-order valence-electron chi connectivity index (χ0n) is 10.3. The van der Waals surface area contributed by atoms with E-state index in [1.54, 1.807) is 6.07 Å². The monoisotopic (exact) mass is 245 g/mol. The second-order valence-corrected chi connectivity index (χ2v) is 5.09. The number of halogens is 1. The Bertz CT molecular complexity index is 494. The van der Waals surface area contributed by atoms with Crippen molar-refractivity contribution in [1.29, 1.82) is 5.26 Å². The Hall–Kier alpha value is -1.60. The molecule has 2 fully saturated rings. The van der Waals surface area contributed by atoms with Gasteiger partial charge in [0.25, 0.3) is 0 Å². The Balaban J connectivity index is 1.82. The van der Waals surface area contributed by atoms with Crippen LogP contribution in [0, 0.1) is 17.1 Å². The van der Waals surface area contributed by atoms with Crippen LogP contribution < -0.4 is 4.90 Å². The maximum Gasteiger partial charge on any atom is 0.126 e. The van der Waals surface area contributed by atoms with Crippen LogP contribution in [0.5, 0.6) is 0 Å². The van der Waals surface area contributed by atoms with E-state index in [2.05, 4.69) is 9.80 Å². The Morgan fingerprint density at radius 3 is 2.94 bits per heavy atom. The van der Waals surface area contributed by atoms with Gasteiger partial charge >= 0.3 is 0 Å². The van der Waals surface area contributed by atoms with Gasteiger partial charge in [0, 0.05) is 31.4 Å². The van der Waals surface area contributed by atoms with Crippen LogP contribution in [0.1, 0.15) is 18.4 Å². The summed E-state index contributed by atoms with van der Waals surface area (Å²) in [6.07, 6.45) is 2.50. The standard InChI is InChI=1S/C14H16FN3/c15-12-6-11(9-16)7-14(8-12)18-5-4-17-3-1-2-13(17)10-18/h6-8,13H,1-5,10H2. The van der Waals surface area contributed by atoms with E-state index < -0.39 is 0 Å². The second-order valence-electron chi connectivity index (χ2n) is 5.09. The quantitative estimate of drug-likeness (QED) is 0.758. The van der Waals surface area contributed by atoms with Crippen molar-refractivity contribution >= 4 is 5.69 Å². The van der Waals surface area contributed by atoms with Gasteiger partial charge < -0.3 is 4.90 Å². The van der Waals surface area contributed by atoms with E-state index in [1.807, 2.05) is 6.07 Å². The van der Waals surface area contributed by atoms with Crippen molar-refractivity contribution in [3.8, 4) is 6.07 Å². The van der Waals surface area contributed by atoms with Gasteiger partial charge in [-0.05, 0) is 37.6 Å². The predicted molar refractivity (Wildman–Crippen MR) is 67.9 cm³/mol. The van der Waals surface area contributed by atoms with Gasteiger partial charge in [-0.3, -0.25) is 4.90 Å². The predicted octanol–water partition coefficient (Wildman–Crippen LogP) is 1.98. The molecule has 0 radical (unpaired) electrons. The number of nitriles is 1. The summed E-state index contributed by atoms with van der Waals surface area (Å²) < 4.78 is 13.4. The first-order valence-corrected chi connectivity index (χ1v) is 6.46.